The van der Waals surface area contributed by atoms with Crippen LogP contribution in [0.5, 0.6) is 0 Å². The highest BCUT2D eigenvalue weighted by Gasteiger charge is 2.21. The van der Waals surface area contributed by atoms with Crippen molar-refractivity contribution in [3.8, 4) is 0 Å². The van der Waals surface area contributed by atoms with Crippen LogP contribution in [0.25, 0.3) is 0 Å². The number of nitrogens with one attached hydrogen (secondary N) is 1. The average Bonchev–Trinajstić information content (AvgIpc) is 2.70. The van der Waals surface area contributed by atoms with Gasteiger partial charge in [0.25, 0.3) is 0 Å². The third-order valence-corrected chi connectivity index (χ3v) is 2.71. The van der Waals surface area contributed by atoms with Gasteiger partial charge in [-0.3, -0.25) is 4.57 Å². The van der Waals surface area contributed by atoms with E-state index in [0.717, 1.165) is 19.3 Å². The van der Waals surface area contributed by atoms with Crippen molar-refractivity contribution in [2.75, 3.05) is 0 Å². The smallest absolute Gasteiger partial charge is 0.327 e. The maximum Gasteiger partial charge on any atom is 0.327 e. The van der Waals surface area contributed by atoms with E-state index < -0.39 is 0 Å². The second-order valence-electron chi connectivity index (χ2n) is 3.94. The van der Waals surface area contributed by atoms with Crippen LogP contribution in [0.2, 0.25) is 0 Å². The highest BCUT2D eigenvalue weighted by atomic mass is 16.3. The molecule has 5 nitrogen and oxygen atoms in total. The molecule has 1 aromatic heterocycles. The molecule has 2 N–H and O–H groups in total. The number of rotatable bonds is 1. The highest BCUT2D eigenvalue weighted by molar-refractivity contribution is 5.76. The van der Waals surface area contributed by atoms with Crippen LogP contribution in [0.15, 0.2) is 18.7 Å². The molecule has 0 spiro atoms. The molecule has 0 aromatic carbocycles. The van der Waals surface area contributed by atoms with E-state index in [9.17, 15) is 9.90 Å². The van der Waals surface area contributed by atoms with Gasteiger partial charge in [-0.05, 0) is 25.7 Å². The van der Waals surface area contributed by atoms with Gasteiger partial charge in [0.05, 0.1) is 6.10 Å². The molecule has 1 saturated carbocycles. The van der Waals surface area contributed by atoms with Gasteiger partial charge in [0.15, 0.2) is 0 Å². The molecule has 1 amide bonds. The lowest BCUT2D eigenvalue weighted by Gasteiger charge is -2.26. The summed E-state index contributed by atoms with van der Waals surface area (Å²) in [6, 6.07) is -0.0877. The number of aromatic nitrogens is 2. The van der Waals surface area contributed by atoms with Gasteiger partial charge in [0.1, 0.15) is 6.33 Å². The molecule has 82 valence electrons. The quantitative estimate of drug-likeness (QED) is 0.717. The molecule has 1 aliphatic carbocycles. The molecule has 15 heavy (non-hydrogen) atoms. The number of nitrogens with zero attached hydrogens (tertiary/aromatic N) is 2. The predicted molar refractivity (Wildman–Crippen MR) is 54.4 cm³/mol. The molecule has 0 radical (unpaired) electrons. The SMILES string of the molecule is O=C(NC1CCCC(O)C1)n1ccnc1. The van der Waals surface area contributed by atoms with E-state index in [1.165, 1.54) is 10.9 Å². The Bertz CT molecular complexity index is 323. The molecular formula is C10H15N3O2. The Kier molecular flexibility index (Phi) is 3.01. The van der Waals surface area contributed by atoms with E-state index in [2.05, 4.69) is 10.3 Å². The molecule has 1 aliphatic rings. The Balaban J connectivity index is 1.89. The van der Waals surface area contributed by atoms with Crippen LogP contribution in [0, 0.1) is 0 Å². The van der Waals surface area contributed by atoms with Crippen LogP contribution >= 0.6 is 0 Å². The van der Waals surface area contributed by atoms with Crippen molar-refractivity contribution in [2.45, 2.75) is 37.8 Å². The maximum absolute atomic E-state index is 11.6. The van der Waals surface area contributed by atoms with E-state index in [1.807, 2.05) is 0 Å². The summed E-state index contributed by atoms with van der Waals surface area (Å²) < 4.78 is 1.40. The summed E-state index contributed by atoms with van der Waals surface area (Å²) in [6.45, 7) is 0. The zero-order valence-corrected chi connectivity index (χ0v) is 8.47. The number of aliphatic hydroxyl groups excluding tert-OH is 1. The molecule has 2 unspecified atom stereocenters. The molecule has 0 saturated heterocycles. The summed E-state index contributed by atoms with van der Waals surface area (Å²) in [5.41, 5.74) is 0. The summed E-state index contributed by atoms with van der Waals surface area (Å²) in [7, 11) is 0. The topological polar surface area (TPSA) is 67.2 Å². The predicted octanol–water partition coefficient (Wildman–Crippen LogP) is 0.744. The highest BCUT2D eigenvalue weighted by Crippen LogP contribution is 2.18. The zero-order chi connectivity index (χ0) is 10.7. The van der Waals surface area contributed by atoms with E-state index in [4.69, 9.17) is 0 Å². The number of amides is 1. The molecule has 2 rings (SSSR count). The Morgan fingerprint density at radius 1 is 1.53 bits per heavy atom. The molecule has 0 bridgehead atoms. The van der Waals surface area contributed by atoms with Crippen LogP contribution < -0.4 is 5.32 Å². The van der Waals surface area contributed by atoms with Crippen molar-refractivity contribution in [2.24, 2.45) is 0 Å². The Morgan fingerprint density at radius 2 is 2.40 bits per heavy atom. The first-order valence-corrected chi connectivity index (χ1v) is 5.22. The molecular weight excluding hydrogens is 194 g/mol. The summed E-state index contributed by atoms with van der Waals surface area (Å²) in [5, 5.41) is 12.3. The van der Waals surface area contributed by atoms with Gasteiger partial charge < -0.3 is 10.4 Å². The molecule has 2 atom stereocenters. The first-order valence-electron chi connectivity index (χ1n) is 5.22. The lowest BCUT2D eigenvalue weighted by molar-refractivity contribution is 0.114. The number of hydrogen-bond donors (Lipinski definition) is 2. The first-order chi connectivity index (χ1) is 7.25. The normalized spacial score (nSPS) is 26.2. The average molecular weight is 209 g/mol. The molecule has 1 aromatic rings. The fraction of sp³-hybridized carbons (Fsp3) is 0.600. The lowest BCUT2D eigenvalue weighted by Crippen LogP contribution is -2.41. The van der Waals surface area contributed by atoms with Crippen molar-refractivity contribution in [1.82, 2.24) is 14.9 Å². The van der Waals surface area contributed by atoms with E-state index in [1.54, 1.807) is 12.4 Å². The van der Waals surface area contributed by atoms with Gasteiger partial charge in [0.2, 0.25) is 0 Å². The summed E-state index contributed by atoms with van der Waals surface area (Å²) >= 11 is 0. The van der Waals surface area contributed by atoms with E-state index in [0.29, 0.717) is 6.42 Å². The van der Waals surface area contributed by atoms with Crippen LogP contribution in [0.4, 0.5) is 4.79 Å². The second kappa shape index (κ2) is 4.44. The van der Waals surface area contributed by atoms with Crippen molar-refractivity contribution >= 4 is 6.03 Å². The maximum atomic E-state index is 11.6. The summed E-state index contributed by atoms with van der Waals surface area (Å²) in [5.74, 6) is 0. The number of hydrogen-bond acceptors (Lipinski definition) is 3. The van der Waals surface area contributed by atoms with E-state index >= 15 is 0 Å². The molecule has 0 aliphatic heterocycles. The van der Waals surface area contributed by atoms with Crippen molar-refractivity contribution < 1.29 is 9.90 Å². The standard InChI is InChI=1S/C10H15N3O2/c14-9-3-1-2-8(6-9)12-10(15)13-5-4-11-7-13/h4-5,7-9,14H,1-3,6H2,(H,12,15). The summed E-state index contributed by atoms with van der Waals surface area (Å²) in [6.07, 6.45) is 7.77. The van der Waals surface area contributed by atoms with Gasteiger partial charge in [-0.15, -0.1) is 0 Å². The third-order valence-electron chi connectivity index (χ3n) is 2.71. The molecule has 1 fully saturated rings. The largest absolute Gasteiger partial charge is 0.393 e. The van der Waals surface area contributed by atoms with Gasteiger partial charge in [-0.2, -0.15) is 0 Å². The minimum absolute atomic E-state index is 0.0867. The van der Waals surface area contributed by atoms with Gasteiger partial charge in [-0.1, -0.05) is 0 Å². The third kappa shape index (κ3) is 2.56. The monoisotopic (exact) mass is 209 g/mol. The van der Waals surface area contributed by atoms with Crippen LogP contribution in [-0.2, 0) is 0 Å². The number of carbonyl (C=O) groups excluding carboxylic acids is 1. The first kappa shape index (κ1) is 10.2. The van der Waals surface area contributed by atoms with Crippen LogP contribution in [0.3, 0.4) is 0 Å². The lowest BCUT2D eigenvalue weighted by atomic mass is 9.93. The van der Waals surface area contributed by atoms with Gasteiger partial charge in [-0.25, -0.2) is 9.78 Å². The van der Waals surface area contributed by atoms with E-state index in [-0.39, 0.29) is 18.2 Å². The Morgan fingerprint density at radius 3 is 3.07 bits per heavy atom. The summed E-state index contributed by atoms with van der Waals surface area (Å²) in [4.78, 5) is 15.4. The van der Waals surface area contributed by atoms with Crippen molar-refractivity contribution in [3.05, 3.63) is 18.7 Å². The zero-order valence-electron chi connectivity index (χ0n) is 8.47. The van der Waals surface area contributed by atoms with Crippen LogP contribution in [0.1, 0.15) is 25.7 Å². The van der Waals surface area contributed by atoms with Gasteiger partial charge in [0, 0.05) is 18.4 Å². The van der Waals surface area contributed by atoms with Crippen molar-refractivity contribution in [3.63, 3.8) is 0 Å². The number of carbonyl (C=O) groups is 1. The molecule has 1 heterocycles. The number of imidazole rings is 1. The van der Waals surface area contributed by atoms with Crippen LogP contribution in [-0.4, -0.2) is 32.8 Å². The molecule has 5 heteroatoms. The minimum atomic E-state index is -0.271. The van der Waals surface area contributed by atoms with Gasteiger partial charge >= 0.3 is 6.03 Å². The Hall–Kier alpha value is -1.36. The minimum Gasteiger partial charge on any atom is -0.393 e. The van der Waals surface area contributed by atoms with Crippen molar-refractivity contribution in [1.29, 1.82) is 0 Å². The fourth-order valence-electron chi connectivity index (χ4n) is 1.92. The number of aliphatic hydroxyl groups is 1. The Labute approximate surface area is 88.1 Å². The fourth-order valence-corrected chi connectivity index (χ4v) is 1.92. The second-order valence-corrected chi connectivity index (χ2v) is 3.94.